The number of aliphatic hydroxyl groups excluding tert-OH is 1. The summed E-state index contributed by atoms with van der Waals surface area (Å²) in [6, 6.07) is 6.77. The van der Waals surface area contributed by atoms with E-state index in [-0.39, 0.29) is 23.8 Å². The van der Waals surface area contributed by atoms with Gasteiger partial charge in [0.05, 0.1) is 0 Å². The van der Waals surface area contributed by atoms with Crippen LogP contribution in [0.15, 0.2) is 24.3 Å². The Morgan fingerprint density at radius 3 is 2.33 bits per heavy atom. The van der Waals surface area contributed by atoms with Gasteiger partial charge in [0, 0.05) is 31.3 Å². The van der Waals surface area contributed by atoms with Gasteiger partial charge < -0.3 is 15.7 Å². The van der Waals surface area contributed by atoms with E-state index in [1.807, 2.05) is 0 Å². The summed E-state index contributed by atoms with van der Waals surface area (Å²) in [6.07, 6.45) is 1.58. The van der Waals surface area contributed by atoms with Crippen LogP contribution in [-0.2, 0) is 4.79 Å². The number of aliphatic hydroxyl groups is 1. The van der Waals surface area contributed by atoms with Crippen LogP contribution in [0.4, 0.5) is 5.69 Å². The van der Waals surface area contributed by atoms with Crippen LogP contribution < -0.4 is 10.6 Å². The first-order chi connectivity index (χ1) is 9.84. The molecule has 0 aliphatic carbocycles. The van der Waals surface area contributed by atoms with Crippen LogP contribution in [0.3, 0.4) is 0 Å². The predicted molar refractivity (Wildman–Crippen MR) is 83.2 cm³/mol. The summed E-state index contributed by atoms with van der Waals surface area (Å²) in [4.78, 5) is 23.0. The summed E-state index contributed by atoms with van der Waals surface area (Å²) in [6.45, 7) is 6.28. The highest BCUT2D eigenvalue weighted by molar-refractivity contribution is 5.95. The number of hydrogen-bond acceptors (Lipinski definition) is 3. The molecule has 0 heterocycles. The normalized spacial score (nSPS) is 11.0. The molecule has 21 heavy (non-hydrogen) atoms. The quantitative estimate of drug-likeness (QED) is 0.720. The van der Waals surface area contributed by atoms with Crippen molar-refractivity contribution >= 4 is 17.5 Å². The Morgan fingerprint density at radius 2 is 1.81 bits per heavy atom. The van der Waals surface area contributed by atoms with Crippen molar-refractivity contribution in [2.45, 2.75) is 33.6 Å². The molecule has 3 N–H and O–H groups in total. The van der Waals surface area contributed by atoms with Gasteiger partial charge in [0.1, 0.15) is 0 Å². The highest BCUT2D eigenvalue weighted by Crippen LogP contribution is 2.21. The van der Waals surface area contributed by atoms with Crippen LogP contribution in [-0.4, -0.2) is 30.1 Å². The molecule has 116 valence electrons. The molecule has 0 aliphatic heterocycles. The number of anilines is 1. The van der Waals surface area contributed by atoms with Crippen LogP contribution in [0.1, 0.15) is 44.0 Å². The maximum absolute atomic E-state index is 12.1. The molecular formula is C16H24N2O3. The molecule has 0 atom stereocenters. The Hall–Kier alpha value is -1.88. The second-order valence-electron chi connectivity index (χ2n) is 5.93. The van der Waals surface area contributed by atoms with Crippen LogP contribution >= 0.6 is 0 Å². The van der Waals surface area contributed by atoms with E-state index in [0.29, 0.717) is 17.8 Å². The van der Waals surface area contributed by atoms with Gasteiger partial charge in [-0.1, -0.05) is 13.8 Å². The number of carbonyl (C=O) groups excluding carboxylic acids is 2. The smallest absolute Gasteiger partial charge is 0.251 e. The third-order valence-corrected chi connectivity index (χ3v) is 3.21. The van der Waals surface area contributed by atoms with E-state index in [9.17, 15) is 9.59 Å². The van der Waals surface area contributed by atoms with Crippen molar-refractivity contribution in [3.8, 4) is 0 Å². The molecule has 0 radical (unpaired) electrons. The van der Waals surface area contributed by atoms with Gasteiger partial charge in [-0.05, 0) is 42.5 Å². The van der Waals surface area contributed by atoms with Crippen molar-refractivity contribution in [2.24, 2.45) is 5.41 Å². The van der Waals surface area contributed by atoms with Crippen LogP contribution in [0.2, 0.25) is 0 Å². The Kier molecular flexibility index (Phi) is 6.37. The molecule has 5 nitrogen and oxygen atoms in total. The highest BCUT2D eigenvalue weighted by atomic mass is 16.3. The Bertz CT molecular complexity index is 481. The molecule has 2 amide bonds. The fourth-order valence-corrected chi connectivity index (χ4v) is 1.98. The van der Waals surface area contributed by atoms with Crippen molar-refractivity contribution in [2.75, 3.05) is 18.5 Å². The zero-order valence-electron chi connectivity index (χ0n) is 12.9. The van der Waals surface area contributed by atoms with Gasteiger partial charge in [0.15, 0.2) is 0 Å². The maximum atomic E-state index is 12.1. The fraction of sp³-hybridized carbons (Fsp3) is 0.500. The van der Waals surface area contributed by atoms with Gasteiger partial charge in [0.25, 0.3) is 5.91 Å². The topological polar surface area (TPSA) is 78.4 Å². The molecule has 0 aliphatic rings. The number of carbonyl (C=O) groups is 2. The minimum atomic E-state index is -0.141. The molecule has 0 aromatic heterocycles. The van der Waals surface area contributed by atoms with E-state index in [1.165, 1.54) is 6.92 Å². The van der Waals surface area contributed by atoms with E-state index in [1.54, 1.807) is 24.3 Å². The molecule has 0 spiro atoms. The standard InChI is InChI=1S/C16H24N2O3/c1-12(20)18-14-7-5-13(6-8-14)15(21)17-11-16(2,3)9-4-10-19/h5-8,19H,4,9-11H2,1-3H3,(H,17,21)(H,18,20). The summed E-state index contributed by atoms with van der Waals surface area (Å²) in [5, 5.41) is 14.4. The van der Waals surface area contributed by atoms with Gasteiger partial charge in [-0.2, -0.15) is 0 Å². The zero-order chi connectivity index (χ0) is 15.9. The minimum absolute atomic E-state index is 0.0471. The number of rotatable bonds is 7. The average molecular weight is 292 g/mol. The molecule has 0 fully saturated rings. The monoisotopic (exact) mass is 292 g/mol. The molecule has 1 rings (SSSR count). The molecule has 0 saturated heterocycles. The van der Waals surface area contributed by atoms with Crippen molar-refractivity contribution in [1.82, 2.24) is 5.32 Å². The van der Waals surface area contributed by atoms with Crippen molar-refractivity contribution < 1.29 is 14.7 Å². The Labute approximate surface area is 125 Å². The van der Waals surface area contributed by atoms with Gasteiger partial charge in [-0.3, -0.25) is 9.59 Å². The SMILES string of the molecule is CC(=O)Nc1ccc(C(=O)NCC(C)(C)CCCO)cc1. The second kappa shape index (κ2) is 7.78. The summed E-state index contributed by atoms with van der Waals surface area (Å²) >= 11 is 0. The number of amides is 2. The summed E-state index contributed by atoms with van der Waals surface area (Å²) < 4.78 is 0. The zero-order valence-corrected chi connectivity index (χ0v) is 12.9. The Morgan fingerprint density at radius 1 is 1.19 bits per heavy atom. The lowest BCUT2D eigenvalue weighted by Crippen LogP contribution is -2.34. The first-order valence-corrected chi connectivity index (χ1v) is 7.11. The summed E-state index contributed by atoms with van der Waals surface area (Å²) in [5.74, 6) is -0.278. The van der Waals surface area contributed by atoms with Gasteiger partial charge in [0.2, 0.25) is 5.91 Å². The maximum Gasteiger partial charge on any atom is 0.251 e. The van der Waals surface area contributed by atoms with Crippen molar-refractivity contribution in [1.29, 1.82) is 0 Å². The third-order valence-electron chi connectivity index (χ3n) is 3.21. The third kappa shape index (κ3) is 6.40. The highest BCUT2D eigenvalue weighted by Gasteiger charge is 2.18. The van der Waals surface area contributed by atoms with E-state index in [2.05, 4.69) is 24.5 Å². The summed E-state index contributed by atoms with van der Waals surface area (Å²) in [7, 11) is 0. The van der Waals surface area contributed by atoms with Gasteiger partial charge in [-0.25, -0.2) is 0 Å². The average Bonchev–Trinajstić information content (AvgIpc) is 2.43. The molecule has 0 unspecified atom stereocenters. The lowest BCUT2D eigenvalue weighted by atomic mass is 9.88. The van der Waals surface area contributed by atoms with Crippen molar-refractivity contribution in [3.63, 3.8) is 0 Å². The molecule has 1 aromatic carbocycles. The first kappa shape index (κ1) is 17.2. The second-order valence-corrected chi connectivity index (χ2v) is 5.93. The number of nitrogens with one attached hydrogen (secondary N) is 2. The van der Waals surface area contributed by atoms with Crippen LogP contribution in [0, 0.1) is 5.41 Å². The predicted octanol–water partition coefficient (Wildman–Crippen LogP) is 2.17. The first-order valence-electron chi connectivity index (χ1n) is 7.11. The fourth-order valence-electron chi connectivity index (χ4n) is 1.98. The molecule has 5 heteroatoms. The minimum Gasteiger partial charge on any atom is -0.396 e. The van der Waals surface area contributed by atoms with Crippen molar-refractivity contribution in [3.05, 3.63) is 29.8 Å². The van der Waals surface area contributed by atoms with E-state index >= 15 is 0 Å². The van der Waals surface area contributed by atoms with Crippen LogP contribution in [0.5, 0.6) is 0 Å². The summed E-state index contributed by atoms with van der Waals surface area (Å²) in [5.41, 5.74) is 1.18. The molecular weight excluding hydrogens is 268 g/mol. The number of hydrogen-bond donors (Lipinski definition) is 3. The van der Waals surface area contributed by atoms with E-state index in [0.717, 1.165) is 12.8 Å². The molecule has 0 bridgehead atoms. The number of benzene rings is 1. The van der Waals surface area contributed by atoms with Crippen LogP contribution in [0.25, 0.3) is 0 Å². The Balaban J connectivity index is 2.53. The van der Waals surface area contributed by atoms with Gasteiger partial charge >= 0.3 is 0 Å². The molecule has 0 saturated carbocycles. The lowest BCUT2D eigenvalue weighted by Gasteiger charge is -2.24. The van der Waals surface area contributed by atoms with Gasteiger partial charge in [-0.15, -0.1) is 0 Å². The largest absolute Gasteiger partial charge is 0.396 e. The van der Waals surface area contributed by atoms with E-state index < -0.39 is 0 Å². The molecule has 1 aromatic rings. The van der Waals surface area contributed by atoms with E-state index in [4.69, 9.17) is 5.11 Å². The lowest BCUT2D eigenvalue weighted by molar-refractivity contribution is -0.114.